The van der Waals surface area contributed by atoms with Gasteiger partial charge in [0.1, 0.15) is 0 Å². The number of nitrogens with one attached hydrogen (secondary N) is 2. The van der Waals surface area contributed by atoms with Crippen LogP contribution < -0.4 is 10.6 Å². The van der Waals surface area contributed by atoms with Gasteiger partial charge in [-0.1, -0.05) is 29.5 Å². The second-order valence-corrected chi connectivity index (χ2v) is 6.99. The van der Waals surface area contributed by atoms with Gasteiger partial charge >= 0.3 is 0 Å². The average Bonchev–Trinajstić information content (AvgIpc) is 2.63. The van der Waals surface area contributed by atoms with Crippen molar-refractivity contribution in [2.24, 2.45) is 0 Å². The lowest BCUT2D eigenvalue weighted by Crippen LogP contribution is -2.30. The molecule has 1 aliphatic rings. The summed E-state index contributed by atoms with van der Waals surface area (Å²) in [6, 6.07) is 0.344. The van der Waals surface area contributed by atoms with E-state index in [4.69, 9.17) is 0 Å². The molecule has 2 heterocycles. The summed E-state index contributed by atoms with van der Waals surface area (Å²) in [5, 5.41) is 15.1. The molecule has 0 saturated carbocycles. The molecule has 7 heteroatoms. The Kier molecular flexibility index (Phi) is 4.82. The molecule has 100 valence electrons. The van der Waals surface area contributed by atoms with Gasteiger partial charge in [0, 0.05) is 12.6 Å². The van der Waals surface area contributed by atoms with E-state index in [-0.39, 0.29) is 11.2 Å². The monoisotopic (exact) mass is 286 g/mol. The number of carbonyl (C=O) groups is 1. The molecular weight excluding hydrogens is 268 g/mol. The van der Waals surface area contributed by atoms with Crippen LogP contribution in [-0.4, -0.2) is 33.9 Å². The van der Waals surface area contributed by atoms with Gasteiger partial charge in [0.25, 0.3) is 0 Å². The van der Waals surface area contributed by atoms with Crippen molar-refractivity contribution < 1.29 is 4.79 Å². The first-order valence-electron chi connectivity index (χ1n) is 6.19. The molecule has 2 rings (SSSR count). The van der Waals surface area contributed by atoms with E-state index in [2.05, 4.69) is 34.7 Å². The summed E-state index contributed by atoms with van der Waals surface area (Å²) in [7, 11) is 0. The molecule has 1 aliphatic heterocycles. The molecule has 1 unspecified atom stereocenters. The molecule has 0 aromatic carbocycles. The molecule has 1 saturated heterocycles. The van der Waals surface area contributed by atoms with Gasteiger partial charge < -0.3 is 10.6 Å². The fourth-order valence-corrected chi connectivity index (χ4v) is 3.92. The minimum atomic E-state index is -0.0210. The lowest BCUT2D eigenvalue weighted by Gasteiger charge is -2.09. The van der Waals surface area contributed by atoms with Gasteiger partial charge in [-0.2, -0.15) is 0 Å². The Labute approximate surface area is 115 Å². The first-order chi connectivity index (χ1) is 8.65. The van der Waals surface area contributed by atoms with E-state index in [0.717, 1.165) is 35.3 Å². The van der Waals surface area contributed by atoms with Gasteiger partial charge in [-0.3, -0.25) is 4.79 Å². The summed E-state index contributed by atoms with van der Waals surface area (Å²) >= 11 is 3.04. The normalized spacial score (nSPS) is 20.6. The van der Waals surface area contributed by atoms with Crippen molar-refractivity contribution in [3.63, 3.8) is 0 Å². The smallest absolute Gasteiger partial charge is 0.233 e. The second-order valence-electron chi connectivity index (χ2n) is 4.57. The molecule has 1 amide bonds. The summed E-state index contributed by atoms with van der Waals surface area (Å²) in [4.78, 5) is 11.8. The molecule has 1 atom stereocenters. The molecule has 1 aromatic heterocycles. The Hall–Kier alpha value is -0.820. The van der Waals surface area contributed by atoms with E-state index in [1.165, 1.54) is 23.1 Å². The van der Waals surface area contributed by atoms with Gasteiger partial charge in [0.15, 0.2) is 4.34 Å². The molecule has 1 fully saturated rings. The molecule has 0 aliphatic carbocycles. The first-order valence-corrected chi connectivity index (χ1v) is 7.89. The number of nitrogens with zero attached hydrogens (tertiary/aromatic N) is 2. The topological polar surface area (TPSA) is 66.9 Å². The van der Waals surface area contributed by atoms with E-state index in [9.17, 15) is 4.79 Å². The van der Waals surface area contributed by atoms with Gasteiger partial charge in [0.05, 0.1) is 5.25 Å². The SMILES string of the molecule is CC(C)Nc1nnc(SC2CCCCNC2=O)s1. The molecule has 1 aromatic rings. The maximum atomic E-state index is 11.8. The van der Waals surface area contributed by atoms with Crippen LogP contribution in [0.15, 0.2) is 4.34 Å². The summed E-state index contributed by atoms with van der Waals surface area (Å²) < 4.78 is 0.861. The minimum Gasteiger partial charge on any atom is -0.358 e. The Morgan fingerprint density at radius 2 is 2.28 bits per heavy atom. The van der Waals surface area contributed by atoms with Crippen molar-refractivity contribution in [3.05, 3.63) is 0 Å². The van der Waals surface area contributed by atoms with Crippen molar-refractivity contribution in [2.45, 2.75) is 48.7 Å². The Bertz CT molecular complexity index is 408. The number of hydrogen-bond acceptors (Lipinski definition) is 6. The third-order valence-corrected chi connectivity index (χ3v) is 4.75. The second kappa shape index (κ2) is 6.38. The highest BCUT2D eigenvalue weighted by atomic mass is 32.2. The number of hydrogen-bond donors (Lipinski definition) is 2. The highest BCUT2D eigenvalue weighted by Gasteiger charge is 2.23. The molecule has 2 N–H and O–H groups in total. The number of rotatable bonds is 4. The largest absolute Gasteiger partial charge is 0.358 e. The zero-order chi connectivity index (χ0) is 13.0. The number of amides is 1. The highest BCUT2D eigenvalue weighted by Crippen LogP contribution is 2.32. The third-order valence-electron chi connectivity index (χ3n) is 2.55. The predicted molar refractivity (Wildman–Crippen MR) is 75.2 cm³/mol. The van der Waals surface area contributed by atoms with E-state index in [1.807, 2.05) is 0 Å². The maximum Gasteiger partial charge on any atom is 0.233 e. The minimum absolute atomic E-state index is 0.0210. The van der Waals surface area contributed by atoms with Crippen molar-refractivity contribution in [3.8, 4) is 0 Å². The zero-order valence-electron chi connectivity index (χ0n) is 10.6. The number of thioether (sulfide) groups is 1. The summed E-state index contributed by atoms with van der Waals surface area (Å²) in [6.45, 7) is 4.92. The lowest BCUT2D eigenvalue weighted by atomic mass is 10.2. The van der Waals surface area contributed by atoms with Crippen LogP contribution in [0.25, 0.3) is 0 Å². The fourth-order valence-electron chi connectivity index (χ4n) is 1.71. The molecule has 5 nitrogen and oxygen atoms in total. The van der Waals surface area contributed by atoms with Gasteiger partial charge in [0.2, 0.25) is 11.0 Å². The lowest BCUT2D eigenvalue weighted by molar-refractivity contribution is -0.120. The van der Waals surface area contributed by atoms with Crippen molar-refractivity contribution >= 4 is 34.1 Å². The van der Waals surface area contributed by atoms with Crippen LogP contribution in [0.1, 0.15) is 33.1 Å². The van der Waals surface area contributed by atoms with Crippen LogP contribution in [0.2, 0.25) is 0 Å². The van der Waals surface area contributed by atoms with E-state index in [1.54, 1.807) is 0 Å². The van der Waals surface area contributed by atoms with Crippen molar-refractivity contribution in [2.75, 3.05) is 11.9 Å². The number of aromatic nitrogens is 2. The number of anilines is 1. The van der Waals surface area contributed by atoms with Crippen LogP contribution >= 0.6 is 23.1 Å². The molecule has 0 spiro atoms. The van der Waals surface area contributed by atoms with Gasteiger partial charge in [-0.25, -0.2) is 0 Å². The summed E-state index contributed by atoms with van der Waals surface area (Å²) in [5.41, 5.74) is 0. The van der Waals surface area contributed by atoms with E-state index < -0.39 is 0 Å². The fraction of sp³-hybridized carbons (Fsp3) is 0.727. The average molecular weight is 286 g/mol. The van der Waals surface area contributed by atoms with E-state index in [0.29, 0.717) is 6.04 Å². The molecule has 0 radical (unpaired) electrons. The van der Waals surface area contributed by atoms with Gasteiger partial charge in [-0.05, 0) is 26.7 Å². The summed E-state index contributed by atoms with van der Waals surface area (Å²) in [5.74, 6) is 0.131. The zero-order valence-corrected chi connectivity index (χ0v) is 12.2. The highest BCUT2D eigenvalue weighted by molar-refractivity contribution is 8.02. The van der Waals surface area contributed by atoms with Crippen molar-refractivity contribution in [1.82, 2.24) is 15.5 Å². The van der Waals surface area contributed by atoms with E-state index >= 15 is 0 Å². The van der Waals surface area contributed by atoms with Crippen molar-refractivity contribution in [1.29, 1.82) is 0 Å². The van der Waals surface area contributed by atoms with Crippen LogP contribution in [0.3, 0.4) is 0 Å². The molecule has 18 heavy (non-hydrogen) atoms. The molecular formula is C11H18N4OS2. The standard InChI is InChI=1S/C11H18N4OS2/c1-7(2)13-10-14-15-11(18-10)17-8-5-3-4-6-12-9(8)16/h7-8H,3-6H2,1-2H3,(H,12,16)(H,13,14). The van der Waals surface area contributed by atoms with Crippen LogP contribution in [0.5, 0.6) is 0 Å². The van der Waals surface area contributed by atoms with Crippen LogP contribution in [-0.2, 0) is 4.79 Å². The molecule has 0 bridgehead atoms. The predicted octanol–water partition coefficient (Wildman–Crippen LogP) is 2.12. The Morgan fingerprint density at radius 3 is 3.06 bits per heavy atom. The van der Waals surface area contributed by atoms with Crippen LogP contribution in [0, 0.1) is 0 Å². The summed E-state index contributed by atoms with van der Waals surface area (Å²) in [6.07, 6.45) is 3.08. The third kappa shape index (κ3) is 3.84. The number of carbonyl (C=O) groups excluding carboxylic acids is 1. The Morgan fingerprint density at radius 1 is 1.44 bits per heavy atom. The first kappa shape index (κ1) is 13.6. The van der Waals surface area contributed by atoms with Gasteiger partial charge in [-0.15, -0.1) is 10.2 Å². The van der Waals surface area contributed by atoms with Crippen LogP contribution in [0.4, 0.5) is 5.13 Å². The quantitative estimate of drug-likeness (QED) is 0.887. The Balaban J connectivity index is 1.95. The maximum absolute atomic E-state index is 11.8.